The lowest BCUT2D eigenvalue weighted by Crippen LogP contribution is -1.96. The number of fused-ring (bicyclic) bond motifs is 9. The Hall–Kier alpha value is -7.62. The van der Waals surface area contributed by atoms with Crippen LogP contribution in [-0.2, 0) is 0 Å². The molecule has 0 aliphatic rings. The Labute approximate surface area is 328 Å². The molecule has 12 rings (SSSR count). The average Bonchev–Trinajstić information content (AvgIpc) is 3.94. The average molecular weight is 727 g/mol. The van der Waals surface area contributed by atoms with Gasteiger partial charge < -0.3 is 13.6 Å². The van der Waals surface area contributed by atoms with Crippen molar-refractivity contribution >= 4 is 65.6 Å². The normalized spacial score (nSPS) is 11.9. The molecular weight excluding hydrogens is 693 g/mol. The van der Waals surface area contributed by atoms with Crippen LogP contribution < -0.4 is 0 Å². The van der Waals surface area contributed by atoms with E-state index in [1.54, 1.807) is 0 Å². The molecule has 0 atom stereocenters. The minimum absolute atomic E-state index is 0.873. The molecule has 0 spiro atoms. The number of furan rings is 1. The second-order valence-corrected chi connectivity index (χ2v) is 14.9. The largest absolute Gasteiger partial charge is 0.456 e. The van der Waals surface area contributed by atoms with Gasteiger partial charge in [-0.3, -0.25) is 0 Å². The van der Waals surface area contributed by atoms with Gasteiger partial charge in [0.15, 0.2) is 0 Å². The molecule has 0 N–H and O–H groups in total. The van der Waals surface area contributed by atoms with Crippen LogP contribution in [0.5, 0.6) is 0 Å². The molecule has 266 valence electrons. The SMILES string of the molecule is c1ccc(-c2ccc(-c3cc(-n4c5ccccc5c5ccc(-c6ccc7c(c6)c6ccccc6n7-c6ccccc6)cc54)c4c(c3)oc3ccccc34)cc2)cc1. The molecule has 12 aromatic rings. The Kier molecular flexibility index (Phi) is 6.93. The minimum Gasteiger partial charge on any atom is -0.456 e. The zero-order chi connectivity index (χ0) is 37.5. The van der Waals surface area contributed by atoms with Gasteiger partial charge in [0.05, 0.1) is 33.1 Å². The van der Waals surface area contributed by atoms with E-state index in [4.69, 9.17) is 4.42 Å². The van der Waals surface area contributed by atoms with Gasteiger partial charge in [0.2, 0.25) is 0 Å². The summed E-state index contributed by atoms with van der Waals surface area (Å²) in [6.07, 6.45) is 0. The van der Waals surface area contributed by atoms with Crippen molar-refractivity contribution in [3.63, 3.8) is 0 Å². The van der Waals surface area contributed by atoms with E-state index in [1.807, 2.05) is 0 Å². The fourth-order valence-electron chi connectivity index (χ4n) is 9.08. The zero-order valence-electron chi connectivity index (χ0n) is 30.9. The van der Waals surface area contributed by atoms with E-state index < -0.39 is 0 Å². The highest BCUT2D eigenvalue weighted by Crippen LogP contribution is 2.43. The summed E-state index contributed by atoms with van der Waals surface area (Å²) in [5, 5.41) is 7.14. The highest BCUT2D eigenvalue weighted by Gasteiger charge is 2.21. The third-order valence-corrected chi connectivity index (χ3v) is 11.7. The lowest BCUT2D eigenvalue weighted by molar-refractivity contribution is 0.669. The van der Waals surface area contributed by atoms with Gasteiger partial charge in [-0.15, -0.1) is 0 Å². The Morgan fingerprint density at radius 1 is 0.281 bits per heavy atom. The Bertz CT molecular complexity index is 3490. The molecule has 3 heteroatoms. The van der Waals surface area contributed by atoms with Gasteiger partial charge in [-0.1, -0.05) is 146 Å². The fourth-order valence-corrected chi connectivity index (χ4v) is 9.08. The van der Waals surface area contributed by atoms with Crippen molar-refractivity contribution < 1.29 is 4.42 Å². The van der Waals surface area contributed by atoms with Crippen molar-refractivity contribution in [2.24, 2.45) is 0 Å². The molecule has 0 aliphatic heterocycles. The van der Waals surface area contributed by atoms with Gasteiger partial charge in [-0.05, 0) is 94.0 Å². The predicted octanol–water partition coefficient (Wildman–Crippen LogP) is 14.8. The number of rotatable bonds is 5. The van der Waals surface area contributed by atoms with E-state index in [2.05, 4.69) is 215 Å². The number of benzene rings is 9. The van der Waals surface area contributed by atoms with Crippen molar-refractivity contribution in [2.75, 3.05) is 0 Å². The zero-order valence-corrected chi connectivity index (χ0v) is 30.9. The topological polar surface area (TPSA) is 23.0 Å². The number of hydrogen-bond donors (Lipinski definition) is 0. The number of hydrogen-bond acceptors (Lipinski definition) is 1. The van der Waals surface area contributed by atoms with E-state index in [0.717, 1.165) is 55.5 Å². The molecular formula is C54H34N2O. The summed E-state index contributed by atoms with van der Waals surface area (Å²) >= 11 is 0. The number of para-hydroxylation sites is 4. The summed E-state index contributed by atoms with van der Waals surface area (Å²) in [6, 6.07) is 74.4. The summed E-state index contributed by atoms with van der Waals surface area (Å²) in [5.41, 5.74) is 15.8. The Morgan fingerprint density at radius 3 is 1.58 bits per heavy atom. The molecule has 57 heavy (non-hydrogen) atoms. The maximum absolute atomic E-state index is 6.66. The summed E-state index contributed by atoms with van der Waals surface area (Å²) in [5.74, 6) is 0. The van der Waals surface area contributed by atoms with Crippen LogP contribution in [0, 0.1) is 0 Å². The summed E-state index contributed by atoms with van der Waals surface area (Å²) in [7, 11) is 0. The molecule has 9 aromatic carbocycles. The second kappa shape index (κ2) is 12.5. The maximum Gasteiger partial charge on any atom is 0.138 e. The summed E-state index contributed by atoms with van der Waals surface area (Å²) in [6.45, 7) is 0. The highest BCUT2D eigenvalue weighted by molar-refractivity contribution is 6.16. The van der Waals surface area contributed by atoms with Crippen LogP contribution in [0.25, 0.3) is 110 Å². The van der Waals surface area contributed by atoms with E-state index in [1.165, 1.54) is 54.8 Å². The molecule has 3 heterocycles. The predicted molar refractivity (Wildman–Crippen MR) is 239 cm³/mol. The van der Waals surface area contributed by atoms with Crippen LogP contribution in [0.4, 0.5) is 0 Å². The van der Waals surface area contributed by atoms with Gasteiger partial charge in [0, 0.05) is 32.6 Å². The highest BCUT2D eigenvalue weighted by atomic mass is 16.3. The molecule has 0 unspecified atom stereocenters. The fraction of sp³-hybridized carbons (Fsp3) is 0. The van der Waals surface area contributed by atoms with Crippen molar-refractivity contribution in [3.8, 4) is 44.8 Å². The lowest BCUT2D eigenvalue weighted by atomic mass is 9.98. The number of nitrogens with zero attached hydrogens (tertiary/aromatic N) is 2. The summed E-state index contributed by atoms with van der Waals surface area (Å²) in [4.78, 5) is 0. The molecule has 3 nitrogen and oxygen atoms in total. The smallest absolute Gasteiger partial charge is 0.138 e. The second-order valence-electron chi connectivity index (χ2n) is 14.9. The molecule has 0 amide bonds. The van der Waals surface area contributed by atoms with E-state index in [0.29, 0.717) is 0 Å². The first-order chi connectivity index (χ1) is 28.3. The first-order valence-corrected chi connectivity index (χ1v) is 19.5. The van der Waals surface area contributed by atoms with Crippen molar-refractivity contribution in [3.05, 3.63) is 206 Å². The van der Waals surface area contributed by atoms with Gasteiger partial charge in [0.1, 0.15) is 11.2 Å². The van der Waals surface area contributed by atoms with Crippen LogP contribution in [-0.4, -0.2) is 9.13 Å². The number of aromatic nitrogens is 2. The molecule has 0 saturated carbocycles. The molecule has 0 fully saturated rings. The molecule has 0 radical (unpaired) electrons. The van der Waals surface area contributed by atoms with E-state index in [9.17, 15) is 0 Å². The minimum atomic E-state index is 0.873. The lowest BCUT2D eigenvalue weighted by Gasteiger charge is -2.14. The quantitative estimate of drug-likeness (QED) is 0.173. The Balaban J connectivity index is 1.09. The van der Waals surface area contributed by atoms with E-state index >= 15 is 0 Å². The van der Waals surface area contributed by atoms with Crippen LogP contribution >= 0.6 is 0 Å². The maximum atomic E-state index is 6.66. The molecule has 0 saturated heterocycles. The van der Waals surface area contributed by atoms with Gasteiger partial charge in [-0.2, -0.15) is 0 Å². The Morgan fingerprint density at radius 2 is 0.807 bits per heavy atom. The standard InChI is InChI=1S/C54H34N2O/c1-3-13-35(14-4-1)36-23-25-37(26-24-36)40-33-51(54-45-19-9-12-22-52(45)57-53(54)34-40)56-48-21-11-7-17-42(48)44-29-27-39(32-50(44)56)38-28-30-49-46(31-38)43-18-8-10-20-47(43)55(49)41-15-5-2-6-16-41/h1-34H. The van der Waals surface area contributed by atoms with Crippen LogP contribution in [0.15, 0.2) is 211 Å². The van der Waals surface area contributed by atoms with Gasteiger partial charge >= 0.3 is 0 Å². The van der Waals surface area contributed by atoms with Crippen molar-refractivity contribution in [1.29, 1.82) is 0 Å². The van der Waals surface area contributed by atoms with Crippen molar-refractivity contribution in [2.45, 2.75) is 0 Å². The van der Waals surface area contributed by atoms with Crippen molar-refractivity contribution in [1.82, 2.24) is 9.13 Å². The van der Waals surface area contributed by atoms with Gasteiger partial charge in [-0.25, -0.2) is 0 Å². The van der Waals surface area contributed by atoms with Gasteiger partial charge in [0.25, 0.3) is 0 Å². The van der Waals surface area contributed by atoms with Crippen LogP contribution in [0.2, 0.25) is 0 Å². The molecule has 0 bridgehead atoms. The molecule has 3 aromatic heterocycles. The van der Waals surface area contributed by atoms with E-state index in [-0.39, 0.29) is 0 Å². The monoisotopic (exact) mass is 726 g/mol. The van der Waals surface area contributed by atoms with Crippen LogP contribution in [0.1, 0.15) is 0 Å². The first kappa shape index (κ1) is 31.7. The van der Waals surface area contributed by atoms with Crippen LogP contribution in [0.3, 0.4) is 0 Å². The third kappa shape index (κ3) is 4.92. The molecule has 0 aliphatic carbocycles. The third-order valence-electron chi connectivity index (χ3n) is 11.7. The summed E-state index contributed by atoms with van der Waals surface area (Å²) < 4.78 is 11.5. The first-order valence-electron chi connectivity index (χ1n) is 19.5.